The van der Waals surface area contributed by atoms with Crippen LogP contribution in [0.3, 0.4) is 0 Å². The van der Waals surface area contributed by atoms with Crippen LogP contribution in [0.4, 0.5) is 5.00 Å². The Morgan fingerprint density at radius 2 is 1.97 bits per heavy atom. The average molecular weight is 440 g/mol. The van der Waals surface area contributed by atoms with Crippen LogP contribution in [0, 0.1) is 11.3 Å². The molecule has 10 heteroatoms. The zero-order valence-electron chi connectivity index (χ0n) is 16.5. The maximum absolute atomic E-state index is 12.5. The highest BCUT2D eigenvalue weighted by Crippen LogP contribution is 2.37. The fraction of sp³-hybridized carbons (Fsp3) is 0.632. The molecule has 2 atom stereocenters. The van der Waals surface area contributed by atoms with E-state index < -0.39 is 9.84 Å². The third-order valence-electron chi connectivity index (χ3n) is 5.45. The number of rotatable bonds is 7. The Hall–Kier alpha value is -1.96. The smallest absolute Gasteiger partial charge is 0.280 e. The van der Waals surface area contributed by atoms with Gasteiger partial charge in [-0.25, -0.2) is 8.42 Å². The maximum Gasteiger partial charge on any atom is 0.280 e. The average Bonchev–Trinajstić information content (AvgIpc) is 3.19. The van der Waals surface area contributed by atoms with E-state index in [1.807, 2.05) is 6.92 Å². The quantitative estimate of drug-likeness (QED) is 0.536. The molecule has 2 amide bonds. The number of sulfone groups is 1. The molecule has 1 saturated heterocycles. The van der Waals surface area contributed by atoms with Crippen LogP contribution in [-0.2, 0) is 32.3 Å². The highest BCUT2D eigenvalue weighted by molar-refractivity contribution is 7.91. The minimum absolute atomic E-state index is 0.0132. The van der Waals surface area contributed by atoms with Gasteiger partial charge in [0.1, 0.15) is 11.1 Å². The number of nitrogens with zero attached hydrogens (tertiary/aromatic N) is 1. The Morgan fingerprint density at radius 3 is 2.62 bits per heavy atom. The first-order chi connectivity index (χ1) is 13.8. The summed E-state index contributed by atoms with van der Waals surface area (Å²) in [6.45, 7) is 2.68. The van der Waals surface area contributed by atoms with Crippen LogP contribution < -0.4 is 15.5 Å². The molecule has 0 saturated carbocycles. The van der Waals surface area contributed by atoms with Crippen LogP contribution in [0.1, 0.15) is 42.2 Å². The van der Waals surface area contributed by atoms with Crippen molar-refractivity contribution in [2.75, 3.05) is 36.5 Å². The zero-order chi connectivity index (χ0) is 21.0. The van der Waals surface area contributed by atoms with Crippen molar-refractivity contribution < 1.29 is 22.9 Å². The first-order valence-corrected chi connectivity index (χ1v) is 12.6. The van der Waals surface area contributed by atoms with Gasteiger partial charge in [0.05, 0.1) is 23.6 Å². The van der Waals surface area contributed by atoms with Gasteiger partial charge in [-0.2, -0.15) is 5.26 Å². The summed E-state index contributed by atoms with van der Waals surface area (Å²) in [5, 5.41) is 15.7. The highest BCUT2D eigenvalue weighted by Gasteiger charge is 2.30. The Labute approximate surface area is 175 Å². The van der Waals surface area contributed by atoms with Crippen LogP contribution in [-0.4, -0.2) is 57.4 Å². The summed E-state index contributed by atoms with van der Waals surface area (Å²) in [6, 6.07) is 1.89. The predicted molar refractivity (Wildman–Crippen MR) is 111 cm³/mol. The number of nitrogens with one attached hydrogen (secondary N) is 3. The summed E-state index contributed by atoms with van der Waals surface area (Å²) < 4.78 is 23.0. The minimum Gasteiger partial charge on any atom is -0.347 e. The number of carbonyl (C=O) groups excluding carboxylic acids is 2. The molecule has 29 heavy (non-hydrogen) atoms. The number of nitriles is 1. The van der Waals surface area contributed by atoms with E-state index in [0.29, 0.717) is 23.5 Å². The summed E-state index contributed by atoms with van der Waals surface area (Å²) in [4.78, 5) is 26.7. The molecule has 2 heterocycles. The molecule has 0 spiro atoms. The Morgan fingerprint density at radius 1 is 1.24 bits per heavy atom. The van der Waals surface area contributed by atoms with E-state index in [0.717, 1.165) is 36.1 Å². The van der Waals surface area contributed by atoms with Crippen LogP contribution in [0.15, 0.2) is 0 Å². The number of aryl methyl sites for hydroxylation is 1. The van der Waals surface area contributed by atoms with Crippen molar-refractivity contribution in [3.05, 3.63) is 16.0 Å². The lowest BCUT2D eigenvalue weighted by molar-refractivity contribution is -0.881. The summed E-state index contributed by atoms with van der Waals surface area (Å²) in [6.07, 6.45) is 4.45. The van der Waals surface area contributed by atoms with Crippen LogP contribution in [0.5, 0.6) is 0 Å². The molecule has 0 aromatic carbocycles. The van der Waals surface area contributed by atoms with Crippen molar-refractivity contribution >= 4 is 38.0 Å². The molecule has 158 valence electrons. The third kappa shape index (κ3) is 5.56. The van der Waals surface area contributed by atoms with Gasteiger partial charge in [0.25, 0.3) is 11.8 Å². The van der Waals surface area contributed by atoms with Crippen molar-refractivity contribution in [3.8, 4) is 6.07 Å². The molecular formula is C19H27N4O4S2+. The highest BCUT2D eigenvalue weighted by atomic mass is 32.2. The monoisotopic (exact) mass is 439 g/mol. The minimum atomic E-state index is -3.05. The van der Waals surface area contributed by atoms with Gasteiger partial charge in [-0.15, -0.1) is 11.3 Å². The number of fused-ring (bicyclic) bond motifs is 1. The van der Waals surface area contributed by atoms with Gasteiger partial charge in [-0.1, -0.05) is 0 Å². The second-order valence-corrected chi connectivity index (χ2v) is 11.0. The van der Waals surface area contributed by atoms with Crippen molar-refractivity contribution in [2.24, 2.45) is 0 Å². The summed E-state index contributed by atoms with van der Waals surface area (Å²) in [7, 11) is -3.05. The molecule has 3 N–H and O–H groups in total. The number of amides is 2. The predicted octanol–water partition coefficient (Wildman–Crippen LogP) is -0.355. The standard InChI is InChI=1S/C19H26N4O4S2/c1-2-23(10-17(24)21-13-7-8-29(26,27)12-13)11-18(25)22-19-15(9-20)14-5-3-4-6-16(14)28-19/h13H,2-8,10-12H2,1H3,(H,21,24)(H,22,25)/p+1/t13-/m1/s1. The fourth-order valence-electron chi connectivity index (χ4n) is 3.90. The number of thiophene rings is 1. The van der Waals surface area contributed by atoms with Gasteiger partial charge in [-0.05, 0) is 44.6 Å². The molecule has 0 bridgehead atoms. The number of hydrogen-bond acceptors (Lipinski definition) is 6. The SMILES string of the molecule is CC[NH+](CC(=O)Nc1sc2c(c1C#N)CCCC2)CC(=O)N[C@@H]1CCS(=O)(=O)C1. The van der Waals surface area contributed by atoms with E-state index >= 15 is 0 Å². The largest absolute Gasteiger partial charge is 0.347 e. The van der Waals surface area contributed by atoms with Crippen molar-refractivity contribution in [1.29, 1.82) is 5.26 Å². The van der Waals surface area contributed by atoms with Gasteiger partial charge in [0.2, 0.25) is 0 Å². The number of likely N-dealkylation sites (N-methyl/N-ethyl adjacent to an activating group) is 1. The molecule has 1 aromatic heterocycles. The molecule has 1 aliphatic heterocycles. The molecule has 1 aromatic rings. The van der Waals surface area contributed by atoms with Gasteiger partial charge in [0, 0.05) is 10.9 Å². The summed E-state index contributed by atoms with van der Waals surface area (Å²) >= 11 is 1.48. The molecule has 2 aliphatic rings. The first-order valence-electron chi connectivity index (χ1n) is 9.99. The Bertz CT molecular complexity index is 933. The van der Waals surface area contributed by atoms with Crippen LogP contribution in [0.2, 0.25) is 0 Å². The Kier molecular flexibility index (Phi) is 6.93. The second-order valence-electron chi connectivity index (χ2n) is 7.70. The van der Waals surface area contributed by atoms with Crippen LogP contribution >= 0.6 is 11.3 Å². The van der Waals surface area contributed by atoms with Crippen molar-refractivity contribution in [2.45, 2.75) is 45.1 Å². The Balaban J connectivity index is 1.54. The lowest BCUT2D eigenvalue weighted by Crippen LogP contribution is -3.14. The van der Waals surface area contributed by atoms with E-state index in [4.69, 9.17) is 0 Å². The molecule has 0 radical (unpaired) electrons. The van der Waals surface area contributed by atoms with Gasteiger partial charge >= 0.3 is 0 Å². The fourth-order valence-corrected chi connectivity index (χ4v) is 6.83. The molecule has 8 nitrogen and oxygen atoms in total. The van der Waals surface area contributed by atoms with Crippen molar-refractivity contribution in [1.82, 2.24) is 5.32 Å². The van der Waals surface area contributed by atoms with Crippen LogP contribution in [0.25, 0.3) is 0 Å². The normalized spacial score (nSPS) is 21.0. The van der Waals surface area contributed by atoms with E-state index in [1.54, 1.807) is 0 Å². The lowest BCUT2D eigenvalue weighted by atomic mass is 9.96. The van der Waals surface area contributed by atoms with E-state index in [1.165, 1.54) is 16.2 Å². The molecule has 1 aliphatic carbocycles. The van der Waals surface area contributed by atoms with E-state index in [-0.39, 0.29) is 42.5 Å². The summed E-state index contributed by atoms with van der Waals surface area (Å²) in [5.41, 5.74) is 1.65. The lowest BCUT2D eigenvalue weighted by Gasteiger charge is -2.18. The number of carbonyl (C=O) groups is 2. The zero-order valence-corrected chi connectivity index (χ0v) is 18.2. The van der Waals surface area contributed by atoms with Gasteiger partial charge in [-0.3, -0.25) is 9.59 Å². The number of hydrogen-bond donors (Lipinski definition) is 3. The number of anilines is 1. The van der Waals surface area contributed by atoms with Gasteiger partial charge < -0.3 is 15.5 Å². The van der Waals surface area contributed by atoms with Gasteiger partial charge in [0.15, 0.2) is 22.9 Å². The van der Waals surface area contributed by atoms with E-state index in [2.05, 4.69) is 16.7 Å². The first kappa shape index (κ1) is 21.7. The van der Waals surface area contributed by atoms with E-state index in [9.17, 15) is 23.3 Å². The molecule has 1 unspecified atom stereocenters. The maximum atomic E-state index is 12.5. The third-order valence-corrected chi connectivity index (χ3v) is 8.43. The molecular weight excluding hydrogens is 412 g/mol. The molecule has 1 fully saturated rings. The summed E-state index contributed by atoms with van der Waals surface area (Å²) in [5.74, 6) is -0.383. The van der Waals surface area contributed by atoms with Crippen molar-refractivity contribution in [3.63, 3.8) is 0 Å². The molecule has 3 rings (SSSR count). The second kappa shape index (κ2) is 9.24. The topological polar surface area (TPSA) is 121 Å². The number of quaternary nitrogens is 1.